The van der Waals surface area contributed by atoms with Crippen LogP contribution in [0.4, 0.5) is 5.69 Å². The minimum absolute atomic E-state index is 0.0329. The molecular formula is C23H30N4O5S. The second kappa shape index (κ2) is 10.3. The summed E-state index contributed by atoms with van der Waals surface area (Å²) in [4.78, 5) is 30.7. The van der Waals surface area contributed by atoms with Gasteiger partial charge in [-0.2, -0.15) is 4.31 Å². The van der Waals surface area contributed by atoms with Crippen LogP contribution in [-0.2, 0) is 19.6 Å². The molecule has 2 heterocycles. The number of aromatic nitrogens is 1. The Labute approximate surface area is 194 Å². The highest BCUT2D eigenvalue weighted by atomic mass is 32.2. The molecule has 0 bridgehead atoms. The lowest BCUT2D eigenvalue weighted by molar-refractivity contribution is -0.133. The Kier molecular flexibility index (Phi) is 7.70. The molecular weight excluding hydrogens is 444 g/mol. The molecule has 2 amide bonds. The standard InChI is InChI=1S/C23H30N4O5S/c1-16-13-17(2)23(18(3)14-16)33(30,31)27-11-9-26(10-12-27)22(29)8-6-20(28)25-19-5-7-21(32-4)24-15-19/h5,7,13-15H,6,8-12H2,1-4H3,(H,25,28). The van der Waals surface area contributed by atoms with Gasteiger partial charge < -0.3 is 15.0 Å². The highest BCUT2D eigenvalue weighted by molar-refractivity contribution is 7.89. The second-order valence-electron chi connectivity index (χ2n) is 8.15. The average Bonchev–Trinajstić information content (AvgIpc) is 2.77. The van der Waals surface area contributed by atoms with Gasteiger partial charge in [-0.3, -0.25) is 9.59 Å². The summed E-state index contributed by atoms with van der Waals surface area (Å²) in [5, 5.41) is 2.70. The first-order valence-corrected chi connectivity index (χ1v) is 12.2. The van der Waals surface area contributed by atoms with Crippen LogP contribution in [0.1, 0.15) is 29.5 Å². The van der Waals surface area contributed by atoms with Crippen molar-refractivity contribution in [2.75, 3.05) is 38.6 Å². The molecule has 1 aromatic heterocycles. The third kappa shape index (κ3) is 5.88. The van der Waals surface area contributed by atoms with Gasteiger partial charge in [0.15, 0.2) is 0 Å². The summed E-state index contributed by atoms with van der Waals surface area (Å²) in [5.74, 6) is -0.0170. The van der Waals surface area contributed by atoms with Gasteiger partial charge in [0.25, 0.3) is 0 Å². The van der Waals surface area contributed by atoms with Crippen LogP contribution in [0.3, 0.4) is 0 Å². The zero-order valence-corrected chi connectivity index (χ0v) is 20.2. The molecule has 0 unspecified atom stereocenters. The third-order valence-electron chi connectivity index (χ3n) is 5.59. The molecule has 0 radical (unpaired) electrons. The number of piperazine rings is 1. The number of aryl methyl sites for hydroxylation is 3. The Morgan fingerprint density at radius 3 is 2.21 bits per heavy atom. The first-order valence-electron chi connectivity index (χ1n) is 10.8. The van der Waals surface area contributed by atoms with E-state index in [1.54, 1.807) is 30.9 Å². The number of nitrogens with zero attached hydrogens (tertiary/aromatic N) is 3. The monoisotopic (exact) mass is 474 g/mol. The molecule has 3 rings (SSSR count). The number of amides is 2. The molecule has 1 saturated heterocycles. The van der Waals surface area contributed by atoms with Crippen LogP contribution < -0.4 is 10.1 Å². The molecule has 33 heavy (non-hydrogen) atoms. The Balaban J connectivity index is 1.52. The first-order chi connectivity index (χ1) is 15.6. The van der Waals surface area contributed by atoms with E-state index in [4.69, 9.17) is 4.74 Å². The molecule has 1 N–H and O–H groups in total. The molecule has 9 nitrogen and oxygen atoms in total. The van der Waals surface area contributed by atoms with Crippen molar-refractivity contribution in [2.45, 2.75) is 38.5 Å². The number of methoxy groups -OCH3 is 1. The summed E-state index contributed by atoms with van der Waals surface area (Å²) >= 11 is 0. The molecule has 0 aliphatic carbocycles. The maximum atomic E-state index is 13.2. The maximum Gasteiger partial charge on any atom is 0.243 e. The molecule has 0 saturated carbocycles. The maximum absolute atomic E-state index is 13.2. The molecule has 178 valence electrons. The van der Waals surface area contributed by atoms with Crippen molar-refractivity contribution < 1.29 is 22.7 Å². The molecule has 1 aliphatic heterocycles. The predicted molar refractivity (Wildman–Crippen MR) is 125 cm³/mol. The topological polar surface area (TPSA) is 109 Å². The Morgan fingerprint density at radius 2 is 1.67 bits per heavy atom. The fourth-order valence-electron chi connectivity index (χ4n) is 4.06. The van der Waals surface area contributed by atoms with E-state index in [1.807, 2.05) is 19.1 Å². The summed E-state index contributed by atoms with van der Waals surface area (Å²) in [5.41, 5.74) is 2.99. The van der Waals surface area contributed by atoms with Gasteiger partial charge in [-0.1, -0.05) is 17.7 Å². The third-order valence-corrected chi connectivity index (χ3v) is 7.79. The van der Waals surface area contributed by atoms with Crippen molar-refractivity contribution >= 4 is 27.5 Å². The quantitative estimate of drug-likeness (QED) is 0.659. The highest BCUT2D eigenvalue weighted by Gasteiger charge is 2.32. The van der Waals surface area contributed by atoms with Crippen LogP contribution in [0.2, 0.25) is 0 Å². The minimum atomic E-state index is -3.64. The van der Waals surface area contributed by atoms with E-state index in [1.165, 1.54) is 17.6 Å². The van der Waals surface area contributed by atoms with Gasteiger partial charge in [-0.05, 0) is 38.0 Å². The van der Waals surface area contributed by atoms with Crippen molar-refractivity contribution in [1.82, 2.24) is 14.2 Å². The number of pyridine rings is 1. The number of carbonyl (C=O) groups is 2. The molecule has 0 spiro atoms. The lowest BCUT2D eigenvalue weighted by Crippen LogP contribution is -2.50. The zero-order valence-electron chi connectivity index (χ0n) is 19.4. The summed E-state index contributed by atoms with van der Waals surface area (Å²) in [6.07, 6.45) is 1.57. The second-order valence-corrected chi connectivity index (χ2v) is 10.0. The van der Waals surface area contributed by atoms with Crippen molar-refractivity contribution in [3.05, 3.63) is 47.2 Å². The molecule has 0 atom stereocenters. The number of benzene rings is 1. The molecule has 10 heteroatoms. The summed E-state index contributed by atoms with van der Waals surface area (Å²) in [6, 6.07) is 7.04. The number of anilines is 1. The lowest BCUT2D eigenvalue weighted by atomic mass is 10.1. The SMILES string of the molecule is COc1ccc(NC(=O)CCC(=O)N2CCN(S(=O)(=O)c3c(C)cc(C)cc3C)CC2)cn1. The van der Waals surface area contributed by atoms with E-state index in [0.717, 1.165) is 16.7 Å². The van der Waals surface area contributed by atoms with Gasteiger partial charge in [-0.15, -0.1) is 0 Å². The summed E-state index contributed by atoms with van der Waals surface area (Å²) < 4.78 is 32.8. The number of hydrogen-bond donors (Lipinski definition) is 1. The van der Waals surface area contributed by atoms with Gasteiger partial charge in [0, 0.05) is 45.1 Å². The first kappa shape index (κ1) is 24.7. The van der Waals surface area contributed by atoms with Crippen molar-refractivity contribution in [3.8, 4) is 5.88 Å². The van der Waals surface area contributed by atoms with Crippen molar-refractivity contribution in [1.29, 1.82) is 0 Å². The number of nitrogens with one attached hydrogen (secondary N) is 1. The summed E-state index contributed by atoms with van der Waals surface area (Å²) in [7, 11) is -2.13. The molecule has 1 fully saturated rings. The lowest BCUT2D eigenvalue weighted by Gasteiger charge is -2.34. The number of ether oxygens (including phenoxy) is 1. The largest absolute Gasteiger partial charge is 0.481 e. The molecule has 2 aromatic rings. The van der Waals surface area contributed by atoms with E-state index in [2.05, 4.69) is 10.3 Å². The Hall–Kier alpha value is -2.98. The van der Waals surface area contributed by atoms with E-state index < -0.39 is 10.0 Å². The van der Waals surface area contributed by atoms with Crippen LogP contribution in [0.25, 0.3) is 0 Å². The van der Waals surface area contributed by atoms with E-state index in [0.29, 0.717) is 29.6 Å². The Morgan fingerprint density at radius 1 is 1.03 bits per heavy atom. The summed E-state index contributed by atoms with van der Waals surface area (Å²) in [6.45, 7) is 6.60. The van der Waals surface area contributed by atoms with Gasteiger partial charge in [0.05, 0.1) is 23.9 Å². The average molecular weight is 475 g/mol. The van der Waals surface area contributed by atoms with Crippen LogP contribution in [0.15, 0.2) is 35.4 Å². The van der Waals surface area contributed by atoms with Gasteiger partial charge >= 0.3 is 0 Å². The van der Waals surface area contributed by atoms with E-state index in [9.17, 15) is 18.0 Å². The smallest absolute Gasteiger partial charge is 0.243 e. The number of sulfonamides is 1. The van der Waals surface area contributed by atoms with Gasteiger partial charge in [0.2, 0.25) is 27.7 Å². The molecule has 1 aliphatic rings. The fraction of sp³-hybridized carbons (Fsp3) is 0.435. The predicted octanol–water partition coefficient (Wildman–Crippen LogP) is 2.27. The molecule has 1 aromatic carbocycles. The number of rotatable bonds is 7. The normalized spacial score (nSPS) is 14.7. The minimum Gasteiger partial charge on any atom is -0.481 e. The highest BCUT2D eigenvalue weighted by Crippen LogP contribution is 2.26. The van der Waals surface area contributed by atoms with Gasteiger partial charge in [-0.25, -0.2) is 13.4 Å². The zero-order chi connectivity index (χ0) is 24.2. The fourth-order valence-corrected chi connectivity index (χ4v) is 5.89. The van der Waals surface area contributed by atoms with E-state index >= 15 is 0 Å². The van der Waals surface area contributed by atoms with Crippen LogP contribution >= 0.6 is 0 Å². The van der Waals surface area contributed by atoms with Crippen LogP contribution in [0.5, 0.6) is 5.88 Å². The number of carbonyl (C=O) groups excluding carboxylic acids is 2. The van der Waals surface area contributed by atoms with E-state index in [-0.39, 0.29) is 37.7 Å². The van der Waals surface area contributed by atoms with Gasteiger partial charge in [0.1, 0.15) is 0 Å². The Bertz CT molecular complexity index is 1100. The van der Waals surface area contributed by atoms with Crippen LogP contribution in [0, 0.1) is 20.8 Å². The van der Waals surface area contributed by atoms with Crippen molar-refractivity contribution in [2.24, 2.45) is 0 Å². The van der Waals surface area contributed by atoms with Crippen molar-refractivity contribution in [3.63, 3.8) is 0 Å². The van der Waals surface area contributed by atoms with Crippen LogP contribution in [-0.4, -0.2) is 67.7 Å². The number of hydrogen-bond acceptors (Lipinski definition) is 6.